The van der Waals surface area contributed by atoms with Crippen molar-refractivity contribution in [2.45, 2.75) is 115 Å². The molecule has 0 saturated carbocycles. The van der Waals surface area contributed by atoms with Gasteiger partial charge in [-0.3, -0.25) is 33.3 Å². The number of carbonyl (C=O) groups is 6. The van der Waals surface area contributed by atoms with E-state index in [2.05, 4.69) is 87.2 Å². The van der Waals surface area contributed by atoms with E-state index >= 15 is 0 Å². The van der Waals surface area contributed by atoms with Crippen LogP contribution in [0.4, 0.5) is 0 Å². The smallest absolute Gasteiger partial charge is 1.00 e. The van der Waals surface area contributed by atoms with Crippen molar-refractivity contribution >= 4 is 74.5 Å². The summed E-state index contributed by atoms with van der Waals surface area (Å²) in [7, 11) is -11.5. The number of rotatable bonds is 28. The van der Waals surface area contributed by atoms with Crippen molar-refractivity contribution in [2.24, 2.45) is 27.9 Å². The van der Waals surface area contributed by atoms with Gasteiger partial charge < -0.3 is 75.6 Å². The van der Waals surface area contributed by atoms with Crippen LogP contribution >= 0.6 is 22.9 Å². The van der Waals surface area contributed by atoms with E-state index in [0.717, 1.165) is 12.6 Å². The van der Waals surface area contributed by atoms with Gasteiger partial charge in [-0.15, -0.1) is 0 Å². The van der Waals surface area contributed by atoms with E-state index in [-0.39, 0.29) is 183 Å². The van der Waals surface area contributed by atoms with Gasteiger partial charge in [0.15, 0.2) is 0 Å². The third-order valence-electron chi connectivity index (χ3n) is 12.0. The Morgan fingerprint density at radius 1 is 0.595 bits per heavy atom. The molecule has 436 valence electrons. The van der Waals surface area contributed by atoms with Gasteiger partial charge in [-0.2, -0.15) is 0 Å². The van der Waals surface area contributed by atoms with Gasteiger partial charge in [0.1, 0.15) is 49.2 Å². The summed E-state index contributed by atoms with van der Waals surface area (Å²) in [5, 5.41) is 6.21. The Morgan fingerprint density at radius 3 is 1.27 bits per heavy atom. The van der Waals surface area contributed by atoms with Crippen molar-refractivity contribution in [3.05, 3.63) is 91.0 Å². The molecule has 0 aliphatic rings. The molecule has 0 spiro atoms. The molecule has 3 rings (SSSR count). The molecule has 79 heavy (non-hydrogen) atoms. The fourth-order valence-electron chi connectivity index (χ4n) is 5.76. The monoisotopic (exact) mass is 1280 g/mol. The maximum Gasteiger partial charge on any atom is 1.00 e. The number of benzene rings is 3. The third-order valence-corrected chi connectivity index (χ3v) is 17.4. The van der Waals surface area contributed by atoms with Crippen molar-refractivity contribution in [1.82, 2.24) is 5.32 Å². The number of esters is 4. The third kappa shape index (κ3) is 36.4. The van der Waals surface area contributed by atoms with Crippen molar-refractivity contribution in [1.29, 1.82) is 0 Å². The Bertz CT molecular complexity index is 2160. The summed E-state index contributed by atoms with van der Waals surface area (Å²) in [5.41, 5.74) is 3.13. The minimum Gasteiger partial charge on any atom is -1.00 e. The summed E-state index contributed by atoms with van der Waals surface area (Å²) in [6.45, 7) is 19.3. The van der Waals surface area contributed by atoms with Crippen LogP contribution in [0.3, 0.4) is 0 Å². The number of primary amides is 1. The number of hydrogen-bond donors (Lipinski definition) is 4. The van der Waals surface area contributed by atoms with Crippen molar-refractivity contribution in [3.8, 4) is 0 Å². The first-order chi connectivity index (χ1) is 35.3. The average Bonchev–Trinajstić information content (AvgIpc) is 3.38. The maximum atomic E-state index is 12.5. The molecule has 1 unspecified atom stereocenters. The Kier molecular flexibility index (Phi) is 46.4. The summed E-state index contributed by atoms with van der Waals surface area (Å²) in [6.07, 6.45) is 4.12. The van der Waals surface area contributed by atoms with Gasteiger partial charge in [0.2, 0.25) is 11.8 Å². The van der Waals surface area contributed by atoms with E-state index in [4.69, 9.17) is 34.5 Å². The molecule has 1 atom stereocenters. The molecule has 0 fully saturated rings. The van der Waals surface area contributed by atoms with Crippen LogP contribution in [0.5, 0.6) is 0 Å². The van der Waals surface area contributed by atoms with Gasteiger partial charge in [-0.25, -0.2) is 4.57 Å². The summed E-state index contributed by atoms with van der Waals surface area (Å²) < 4.78 is 48.9. The minimum absolute atomic E-state index is 0. The fraction of sp³-hybridized carbons (Fsp3) is 0.547. The van der Waals surface area contributed by atoms with Crippen LogP contribution in [0.2, 0.25) is 0 Å². The number of amides is 2. The molecule has 26 heteroatoms. The van der Waals surface area contributed by atoms with Crippen LogP contribution < -0.4 is 157 Å². The molecule has 0 aliphatic heterocycles. The average molecular weight is 1290 g/mol. The first kappa shape index (κ1) is 84.3. The molecule has 20 nitrogen and oxygen atoms in total. The van der Waals surface area contributed by atoms with Gasteiger partial charge in [-0.1, -0.05) is 89.2 Å². The second-order valence-electron chi connectivity index (χ2n) is 19.1. The molecule has 3 aromatic carbocycles. The topological polar surface area (TPSA) is 317 Å². The van der Waals surface area contributed by atoms with Crippen LogP contribution in [0, 0.1) is 22.2 Å². The van der Waals surface area contributed by atoms with E-state index in [1.54, 1.807) is 34.6 Å². The predicted octanol–water partition coefficient (Wildman–Crippen LogP) is -3.18. The van der Waals surface area contributed by atoms with Crippen LogP contribution in [0.15, 0.2) is 91.0 Å². The number of nitrogens with one attached hydrogen (secondary N) is 1. The number of carbonyl (C=O) groups excluding carboxylic acids is 6. The van der Waals surface area contributed by atoms with E-state index in [1.165, 1.54) is 15.9 Å². The summed E-state index contributed by atoms with van der Waals surface area (Å²) >= 11 is 0. The van der Waals surface area contributed by atoms with Crippen molar-refractivity contribution in [3.63, 3.8) is 0 Å². The summed E-state index contributed by atoms with van der Waals surface area (Å²) in [6, 6.07) is 31.6. The van der Waals surface area contributed by atoms with E-state index < -0.39 is 63.6 Å². The maximum absolute atomic E-state index is 12.5. The number of phosphoric ester groups is 2. The second-order valence-corrected chi connectivity index (χ2v) is 25.1. The molecule has 0 aliphatic carbocycles. The zero-order valence-electron chi connectivity index (χ0n) is 48.4. The number of hydrogen-bond acceptors (Lipinski definition) is 16. The summed E-state index contributed by atoms with van der Waals surface area (Å²) in [4.78, 5) is 105. The van der Waals surface area contributed by atoms with Crippen LogP contribution in [0.1, 0.15) is 115 Å². The Hall–Kier alpha value is -1.12. The zero-order valence-corrected chi connectivity index (χ0v) is 58.9. The molecule has 3 aromatic rings. The van der Waals surface area contributed by atoms with Gasteiger partial charge in [0, 0.05) is 12.3 Å². The largest absolute Gasteiger partial charge is 1.00 e. The van der Waals surface area contributed by atoms with Gasteiger partial charge >= 0.3 is 134 Å². The quantitative estimate of drug-likeness (QED) is 0.0183. The molecule has 0 saturated heterocycles. The first-order valence-electron chi connectivity index (χ1n) is 25.0. The molecular formula is C53H82BrK2N2O18P3. The van der Waals surface area contributed by atoms with Crippen molar-refractivity contribution in [2.75, 3.05) is 52.3 Å². The number of ether oxygens (including phenoxy) is 4. The Morgan fingerprint density at radius 2 is 0.949 bits per heavy atom. The normalized spacial score (nSPS) is 11.6. The second kappa shape index (κ2) is 43.5. The first-order valence-corrected chi connectivity index (χ1v) is 30.0. The Balaban J connectivity index is -0.000000535. The molecule has 0 heterocycles. The standard InChI is InChI=1S/C30H36O4P.2C8H17O6P.C7H14N2O2.BrH.2K/c1-4-30(2,3)29(32)34-22-14-21-28(31)33-23-24-35(25-15-8-5-9-16-25,26-17-10-6-11-18-26)27-19-12-7-13-20-27;2*1-4-8(2,3)7(9)13-5-6-14-15(10,11)12;1-3-5(2)7(11)9-4-6(8)10;;;/h5-13,15-20H,4,14,21-24H2,1-3H3;2*4-6H2,1-3H3,(H2,10,11,12);5H,3-4H2,1-2H3,(H2,8,10)(H,9,11);1H;;/q+1;;;;;2*+1/p-3. The summed E-state index contributed by atoms with van der Waals surface area (Å²) in [5.74, 6) is -2.01. The molecule has 0 radical (unpaired) electrons. The number of nitrogens with two attached hydrogens (primary N) is 1. The van der Waals surface area contributed by atoms with Gasteiger partial charge in [0.05, 0.1) is 50.4 Å². The van der Waals surface area contributed by atoms with Gasteiger partial charge in [0.25, 0.3) is 0 Å². The molecule has 0 aromatic heterocycles. The van der Waals surface area contributed by atoms with Gasteiger partial charge in [-0.05, 0) is 110 Å². The number of phosphoric acid groups is 2. The van der Waals surface area contributed by atoms with Crippen LogP contribution in [0.25, 0.3) is 0 Å². The van der Waals surface area contributed by atoms with Crippen LogP contribution in [-0.2, 0) is 65.9 Å². The molecule has 0 bridgehead atoms. The molecule has 5 N–H and O–H groups in total. The molecular weight excluding hydrogens is 1200 g/mol. The van der Waals surface area contributed by atoms with E-state index in [9.17, 15) is 47.7 Å². The van der Waals surface area contributed by atoms with Crippen LogP contribution in [-0.4, -0.2) is 97.8 Å². The number of halogens is 1. The zero-order chi connectivity index (χ0) is 58.2. The fourth-order valence-corrected chi connectivity index (χ4v) is 10.4. The molecule has 2 amide bonds. The van der Waals surface area contributed by atoms with E-state index in [1.807, 2.05) is 59.7 Å². The minimum atomic E-state index is -4.96. The predicted molar refractivity (Wildman–Crippen MR) is 289 cm³/mol. The van der Waals surface area contributed by atoms with E-state index in [0.29, 0.717) is 32.3 Å². The SMILES string of the molecule is CCC(C)(C)C(=O)OCCCC(=O)OCC[P+](c1ccccc1)(c1ccccc1)c1ccccc1.CCC(C)(C)C(=O)OCCOP(=O)(O)O.CCC(C)(C)C(=O)OCCOP(=O)([O-])[O-].CCC(C)C(=O)NCC(N)=O.[Br-].[K+].[K+]. The van der Waals surface area contributed by atoms with Crippen molar-refractivity contribution < 1.29 is 205 Å². The Labute approximate surface area is 564 Å².